The number of hydrogen-bond acceptors (Lipinski definition) is 4. The van der Waals surface area contributed by atoms with Crippen LogP contribution in [0.2, 0.25) is 5.02 Å². The number of hydrogen-bond donors (Lipinski definition) is 0. The minimum absolute atomic E-state index is 0.200. The normalized spacial score (nSPS) is 11.7. The van der Waals surface area contributed by atoms with Gasteiger partial charge in [0, 0.05) is 0 Å². The number of methoxy groups -OCH3 is 1. The van der Waals surface area contributed by atoms with E-state index in [0.717, 1.165) is 19.3 Å². The van der Waals surface area contributed by atoms with E-state index < -0.39 is 17.7 Å². The van der Waals surface area contributed by atoms with Crippen molar-refractivity contribution in [2.45, 2.75) is 77.0 Å². The molecule has 0 amide bonds. The second kappa shape index (κ2) is 15.5. The molecule has 1 unspecified atom stereocenters. The molecule has 0 bridgehead atoms. The first-order valence-corrected chi connectivity index (χ1v) is 12.6. The molecule has 0 aliphatic rings. The summed E-state index contributed by atoms with van der Waals surface area (Å²) in [6, 6.07) is 13.9. The summed E-state index contributed by atoms with van der Waals surface area (Å²) in [4.78, 5) is 26.4. The predicted molar refractivity (Wildman–Crippen MR) is 134 cm³/mol. The molecule has 2 aromatic carbocycles. The fourth-order valence-corrected chi connectivity index (χ4v) is 4.20. The first-order valence-electron chi connectivity index (χ1n) is 12.2. The van der Waals surface area contributed by atoms with Gasteiger partial charge in [0.1, 0.15) is 11.7 Å². The van der Waals surface area contributed by atoms with Crippen LogP contribution >= 0.6 is 11.6 Å². The molecular formula is C28H37ClO4. The van der Waals surface area contributed by atoms with Crippen LogP contribution in [0.3, 0.4) is 0 Å². The summed E-state index contributed by atoms with van der Waals surface area (Å²) in [5, 5.41) is 0.253. The van der Waals surface area contributed by atoms with Crippen LogP contribution in [0, 0.1) is 0 Å². The summed E-state index contributed by atoms with van der Waals surface area (Å²) in [6.07, 6.45) is 12.0. The molecule has 1 atom stereocenters. The number of Topliss-reactive ketones (excluding diaryl/α,β-unsaturated/α-hetero) is 1. The lowest BCUT2D eigenvalue weighted by Crippen LogP contribution is -2.25. The van der Waals surface area contributed by atoms with E-state index in [0.29, 0.717) is 17.9 Å². The summed E-state index contributed by atoms with van der Waals surface area (Å²) in [5.74, 6) is -1.71. The summed E-state index contributed by atoms with van der Waals surface area (Å²) in [6.45, 7) is 2.55. The summed E-state index contributed by atoms with van der Waals surface area (Å²) >= 11 is 6.31. The Kier molecular flexibility index (Phi) is 12.6. The van der Waals surface area contributed by atoms with Gasteiger partial charge in [0.2, 0.25) is 0 Å². The zero-order valence-electron chi connectivity index (χ0n) is 20.0. The number of halogens is 1. The Labute approximate surface area is 203 Å². The minimum atomic E-state index is -1.08. The highest BCUT2D eigenvalue weighted by Gasteiger charge is 2.33. The van der Waals surface area contributed by atoms with Gasteiger partial charge in [-0.15, -0.1) is 0 Å². The van der Waals surface area contributed by atoms with Gasteiger partial charge in [-0.1, -0.05) is 113 Å². The Morgan fingerprint density at radius 2 is 1.42 bits per heavy atom. The van der Waals surface area contributed by atoms with Crippen molar-refractivity contribution in [3.05, 3.63) is 64.7 Å². The second-order valence-electron chi connectivity index (χ2n) is 8.37. The molecule has 180 valence electrons. The van der Waals surface area contributed by atoms with Gasteiger partial charge in [-0.25, -0.2) is 0 Å². The standard InChI is InChI=1S/C28H37ClO4/c1-3-4-5-6-7-8-9-10-11-15-21-33-28(31)25(22-17-13-12-14-18-22)27(30)26-23(29)19-16-20-24(26)32-2/h12-14,16-20,25H,3-11,15,21H2,1-2H3. The number of esters is 1. The van der Waals surface area contributed by atoms with Gasteiger partial charge in [0.15, 0.2) is 5.78 Å². The highest BCUT2D eigenvalue weighted by atomic mass is 35.5. The molecule has 0 saturated heterocycles. The SMILES string of the molecule is CCCCCCCCCCCCOC(=O)C(C(=O)c1c(Cl)cccc1OC)c1ccccc1. The highest BCUT2D eigenvalue weighted by Crippen LogP contribution is 2.32. The molecule has 0 aliphatic carbocycles. The molecule has 0 radical (unpaired) electrons. The summed E-state index contributed by atoms with van der Waals surface area (Å²) < 4.78 is 10.9. The van der Waals surface area contributed by atoms with Gasteiger partial charge in [-0.2, -0.15) is 0 Å². The third-order valence-corrected chi connectivity index (χ3v) is 6.13. The molecule has 2 aromatic rings. The van der Waals surface area contributed by atoms with E-state index in [9.17, 15) is 9.59 Å². The third kappa shape index (κ3) is 8.85. The van der Waals surface area contributed by atoms with Crippen molar-refractivity contribution in [2.75, 3.05) is 13.7 Å². The first-order chi connectivity index (χ1) is 16.1. The van der Waals surface area contributed by atoms with Crippen molar-refractivity contribution in [3.63, 3.8) is 0 Å². The number of ether oxygens (including phenoxy) is 2. The van der Waals surface area contributed by atoms with Gasteiger partial charge in [0.05, 0.1) is 24.3 Å². The zero-order valence-corrected chi connectivity index (χ0v) is 20.7. The van der Waals surface area contributed by atoms with Crippen molar-refractivity contribution >= 4 is 23.4 Å². The van der Waals surface area contributed by atoms with E-state index in [-0.39, 0.29) is 10.6 Å². The monoisotopic (exact) mass is 472 g/mol. The summed E-state index contributed by atoms with van der Waals surface area (Å²) in [7, 11) is 1.48. The van der Waals surface area contributed by atoms with Crippen LogP contribution in [0.4, 0.5) is 0 Å². The van der Waals surface area contributed by atoms with Crippen molar-refractivity contribution in [1.82, 2.24) is 0 Å². The molecule has 0 aliphatic heterocycles. The molecule has 0 N–H and O–H groups in total. The quantitative estimate of drug-likeness (QED) is 0.108. The zero-order chi connectivity index (χ0) is 23.9. The smallest absolute Gasteiger partial charge is 0.321 e. The number of carbonyl (C=O) groups excluding carboxylic acids is 2. The third-order valence-electron chi connectivity index (χ3n) is 5.81. The van der Waals surface area contributed by atoms with Crippen LogP contribution in [0.15, 0.2) is 48.5 Å². The number of rotatable bonds is 16. The van der Waals surface area contributed by atoms with Gasteiger partial charge < -0.3 is 9.47 Å². The highest BCUT2D eigenvalue weighted by molar-refractivity contribution is 6.35. The van der Waals surface area contributed by atoms with E-state index in [1.54, 1.807) is 42.5 Å². The van der Waals surface area contributed by atoms with Crippen LogP contribution in [-0.2, 0) is 9.53 Å². The summed E-state index contributed by atoms with van der Waals surface area (Å²) in [5.41, 5.74) is 0.781. The molecule has 0 fully saturated rings. The molecular weight excluding hydrogens is 436 g/mol. The lowest BCUT2D eigenvalue weighted by Gasteiger charge is -2.18. The minimum Gasteiger partial charge on any atom is -0.496 e. The first kappa shape index (κ1) is 26.9. The van der Waals surface area contributed by atoms with Gasteiger partial charge in [0.25, 0.3) is 0 Å². The van der Waals surface area contributed by atoms with E-state index in [1.807, 2.05) is 6.07 Å². The number of carbonyl (C=O) groups is 2. The van der Waals surface area contributed by atoms with Crippen LogP contribution in [0.5, 0.6) is 5.75 Å². The topological polar surface area (TPSA) is 52.6 Å². The van der Waals surface area contributed by atoms with Crippen molar-refractivity contribution in [1.29, 1.82) is 0 Å². The fraction of sp³-hybridized carbons (Fsp3) is 0.500. The maximum absolute atomic E-state index is 13.4. The molecule has 33 heavy (non-hydrogen) atoms. The van der Waals surface area contributed by atoms with Crippen LogP contribution in [-0.4, -0.2) is 25.5 Å². The molecule has 0 heterocycles. The second-order valence-corrected chi connectivity index (χ2v) is 8.78. The molecule has 2 rings (SSSR count). The number of unbranched alkanes of at least 4 members (excludes halogenated alkanes) is 9. The van der Waals surface area contributed by atoms with E-state index >= 15 is 0 Å². The largest absolute Gasteiger partial charge is 0.496 e. The lowest BCUT2D eigenvalue weighted by molar-refractivity contribution is -0.144. The van der Waals surface area contributed by atoms with Gasteiger partial charge in [-0.05, 0) is 24.1 Å². The van der Waals surface area contributed by atoms with Crippen molar-refractivity contribution in [3.8, 4) is 5.75 Å². The Bertz CT molecular complexity index is 850. The lowest BCUT2D eigenvalue weighted by atomic mass is 9.90. The average molecular weight is 473 g/mol. The van der Waals surface area contributed by atoms with Crippen LogP contribution in [0.25, 0.3) is 0 Å². The van der Waals surface area contributed by atoms with E-state index in [2.05, 4.69) is 6.92 Å². The molecule has 4 nitrogen and oxygen atoms in total. The van der Waals surface area contributed by atoms with Gasteiger partial charge >= 0.3 is 5.97 Å². The molecule has 0 aromatic heterocycles. The fourth-order valence-electron chi connectivity index (χ4n) is 3.94. The average Bonchev–Trinajstić information content (AvgIpc) is 2.83. The van der Waals surface area contributed by atoms with Crippen molar-refractivity contribution < 1.29 is 19.1 Å². The Morgan fingerprint density at radius 1 is 0.818 bits per heavy atom. The number of ketones is 1. The van der Waals surface area contributed by atoms with Gasteiger partial charge in [-0.3, -0.25) is 9.59 Å². The Morgan fingerprint density at radius 3 is 2.03 bits per heavy atom. The molecule has 5 heteroatoms. The maximum Gasteiger partial charge on any atom is 0.321 e. The Balaban J connectivity index is 1.90. The van der Waals surface area contributed by atoms with E-state index in [1.165, 1.54) is 52.1 Å². The number of benzene rings is 2. The molecule has 0 saturated carbocycles. The predicted octanol–water partition coefficient (Wildman–Crippen LogP) is 7.78. The molecule has 0 spiro atoms. The van der Waals surface area contributed by atoms with Crippen LogP contribution in [0.1, 0.15) is 93.0 Å². The van der Waals surface area contributed by atoms with Crippen LogP contribution < -0.4 is 4.74 Å². The Hall–Kier alpha value is -2.33. The van der Waals surface area contributed by atoms with E-state index in [4.69, 9.17) is 21.1 Å². The maximum atomic E-state index is 13.4. The van der Waals surface area contributed by atoms with Crippen molar-refractivity contribution in [2.24, 2.45) is 0 Å².